The van der Waals surface area contributed by atoms with Crippen LogP contribution in [0.1, 0.15) is 42.5 Å². The van der Waals surface area contributed by atoms with Crippen molar-refractivity contribution in [2.24, 2.45) is 0 Å². The summed E-state index contributed by atoms with van der Waals surface area (Å²) in [6, 6.07) is 17.0. The number of ether oxygens (including phenoxy) is 1. The van der Waals surface area contributed by atoms with E-state index in [0.29, 0.717) is 23.9 Å². The van der Waals surface area contributed by atoms with Gasteiger partial charge in [0.2, 0.25) is 11.8 Å². The van der Waals surface area contributed by atoms with Crippen molar-refractivity contribution in [2.75, 3.05) is 32.8 Å². The Morgan fingerprint density at radius 3 is 2.18 bits per heavy atom. The van der Waals surface area contributed by atoms with Gasteiger partial charge in [-0.3, -0.25) is 9.69 Å². The minimum absolute atomic E-state index is 0.0461. The number of nitrogens with one attached hydrogen (secondary N) is 1. The van der Waals surface area contributed by atoms with E-state index in [1.54, 1.807) is 0 Å². The SMILES string of the molecule is O=C(NCC1(N2CCOCC2)CCCCC1)c1ccc(-c2nnc(-c3ccccc3)o2)cc1. The van der Waals surface area contributed by atoms with E-state index >= 15 is 0 Å². The van der Waals surface area contributed by atoms with Gasteiger partial charge in [0.25, 0.3) is 5.91 Å². The third-order valence-corrected chi connectivity index (χ3v) is 6.88. The van der Waals surface area contributed by atoms with Crippen molar-refractivity contribution in [1.82, 2.24) is 20.4 Å². The maximum atomic E-state index is 12.9. The highest BCUT2D eigenvalue weighted by Crippen LogP contribution is 2.34. The molecule has 1 aromatic heterocycles. The largest absolute Gasteiger partial charge is 0.416 e. The molecule has 1 saturated carbocycles. The first kappa shape index (κ1) is 21.8. The Labute approximate surface area is 194 Å². The molecule has 2 aliphatic rings. The lowest BCUT2D eigenvalue weighted by Gasteiger charge is -2.48. The molecule has 0 spiro atoms. The zero-order valence-electron chi connectivity index (χ0n) is 18.8. The second-order valence-electron chi connectivity index (χ2n) is 8.92. The average molecular weight is 447 g/mol. The molecule has 1 N–H and O–H groups in total. The van der Waals surface area contributed by atoms with Crippen LogP contribution in [0.2, 0.25) is 0 Å². The van der Waals surface area contributed by atoms with Crippen LogP contribution in [-0.4, -0.2) is 59.4 Å². The fraction of sp³-hybridized carbons (Fsp3) is 0.423. The van der Waals surface area contributed by atoms with Crippen molar-refractivity contribution in [1.29, 1.82) is 0 Å². The highest BCUT2D eigenvalue weighted by Gasteiger charge is 2.38. The van der Waals surface area contributed by atoms with Gasteiger partial charge in [-0.1, -0.05) is 37.5 Å². The normalized spacial score (nSPS) is 18.7. The maximum Gasteiger partial charge on any atom is 0.251 e. The fourth-order valence-corrected chi connectivity index (χ4v) is 5.00. The van der Waals surface area contributed by atoms with Crippen LogP contribution < -0.4 is 5.32 Å². The molecule has 7 heteroatoms. The zero-order valence-corrected chi connectivity index (χ0v) is 18.8. The fourth-order valence-electron chi connectivity index (χ4n) is 5.00. The number of carbonyl (C=O) groups is 1. The van der Waals surface area contributed by atoms with E-state index in [2.05, 4.69) is 20.4 Å². The number of aromatic nitrogens is 2. The molecule has 1 aliphatic heterocycles. The van der Waals surface area contributed by atoms with Gasteiger partial charge in [-0.25, -0.2) is 0 Å². The van der Waals surface area contributed by atoms with Crippen LogP contribution in [0.25, 0.3) is 22.9 Å². The van der Waals surface area contributed by atoms with Crippen molar-refractivity contribution in [2.45, 2.75) is 37.6 Å². The van der Waals surface area contributed by atoms with Gasteiger partial charge in [0.15, 0.2) is 0 Å². The van der Waals surface area contributed by atoms with E-state index in [-0.39, 0.29) is 11.4 Å². The van der Waals surface area contributed by atoms with Gasteiger partial charge >= 0.3 is 0 Å². The van der Waals surface area contributed by atoms with E-state index in [1.807, 2.05) is 54.6 Å². The number of amides is 1. The first-order valence-electron chi connectivity index (χ1n) is 11.8. The molecule has 0 radical (unpaired) electrons. The van der Waals surface area contributed by atoms with E-state index in [9.17, 15) is 4.79 Å². The molecule has 2 fully saturated rings. The molecule has 0 atom stereocenters. The summed E-state index contributed by atoms with van der Waals surface area (Å²) in [6.07, 6.45) is 5.98. The quantitative estimate of drug-likeness (QED) is 0.612. The average Bonchev–Trinajstić information content (AvgIpc) is 3.39. The van der Waals surface area contributed by atoms with Crippen LogP contribution in [0, 0.1) is 0 Å². The summed E-state index contributed by atoms with van der Waals surface area (Å²) in [5.74, 6) is 0.873. The monoisotopic (exact) mass is 446 g/mol. The number of rotatable bonds is 6. The summed E-state index contributed by atoms with van der Waals surface area (Å²) in [7, 11) is 0. The Bertz CT molecular complexity index is 1050. The Kier molecular flexibility index (Phi) is 6.51. The van der Waals surface area contributed by atoms with Crippen LogP contribution in [-0.2, 0) is 4.74 Å². The smallest absolute Gasteiger partial charge is 0.251 e. The van der Waals surface area contributed by atoms with E-state index in [4.69, 9.17) is 9.15 Å². The highest BCUT2D eigenvalue weighted by molar-refractivity contribution is 5.94. The Morgan fingerprint density at radius 1 is 0.879 bits per heavy atom. The van der Waals surface area contributed by atoms with Gasteiger partial charge in [-0.15, -0.1) is 10.2 Å². The molecule has 33 heavy (non-hydrogen) atoms. The number of benzene rings is 2. The zero-order chi connectivity index (χ0) is 22.5. The molecular weight excluding hydrogens is 416 g/mol. The molecule has 2 aromatic carbocycles. The van der Waals surface area contributed by atoms with E-state index in [1.165, 1.54) is 19.3 Å². The van der Waals surface area contributed by atoms with Crippen molar-refractivity contribution in [3.8, 4) is 22.9 Å². The molecular formula is C26H30N4O3. The highest BCUT2D eigenvalue weighted by atomic mass is 16.5. The molecule has 5 rings (SSSR count). The first-order chi connectivity index (χ1) is 16.2. The van der Waals surface area contributed by atoms with Gasteiger partial charge in [0, 0.05) is 41.9 Å². The number of hydrogen-bond acceptors (Lipinski definition) is 6. The summed E-state index contributed by atoms with van der Waals surface area (Å²) in [5.41, 5.74) is 2.35. The topological polar surface area (TPSA) is 80.5 Å². The van der Waals surface area contributed by atoms with Gasteiger partial charge in [-0.05, 0) is 49.2 Å². The first-order valence-corrected chi connectivity index (χ1v) is 11.8. The summed E-state index contributed by atoms with van der Waals surface area (Å²) in [5, 5.41) is 11.5. The summed E-state index contributed by atoms with van der Waals surface area (Å²) in [6.45, 7) is 4.12. The minimum Gasteiger partial charge on any atom is -0.416 e. The maximum absolute atomic E-state index is 12.9. The second kappa shape index (κ2) is 9.85. The predicted octanol–water partition coefficient (Wildman–Crippen LogP) is 4.17. The van der Waals surface area contributed by atoms with E-state index in [0.717, 1.165) is 50.3 Å². The lowest BCUT2D eigenvalue weighted by molar-refractivity contribution is -0.0361. The van der Waals surface area contributed by atoms with Crippen molar-refractivity contribution in [3.05, 3.63) is 60.2 Å². The van der Waals surface area contributed by atoms with Crippen LogP contribution in [0.3, 0.4) is 0 Å². The molecule has 1 amide bonds. The molecule has 2 heterocycles. The van der Waals surface area contributed by atoms with Crippen LogP contribution in [0.4, 0.5) is 0 Å². The van der Waals surface area contributed by atoms with E-state index < -0.39 is 0 Å². The number of hydrogen-bond donors (Lipinski definition) is 1. The van der Waals surface area contributed by atoms with Crippen LogP contribution in [0.15, 0.2) is 59.0 Å². The lowest BCUT2D eigenvalue weighted by Crippen LogP contribution is -2.59. The van der Waals surface area contributed by atoms with Gasteiger partial charge < -0.3 is 14.5 Å². The Hall–Kier alpha value is -3.03. The van der Waals surface area contributed by atoms with Crippen molar-refractivity contribution >= 4 is 5.91 Å². The minimum atomic E-state index is -0.0461. The second-order valence-corrected chi connectivity index (χ2v) is 8.92. The Morgan fingerprint density at radius 2 is 1.52 bits per heavy atom. The number of morpholine rings is 1. The van der Waals surface area contributed by atoms with Crippen molar-refractivity contribution in [3.63, 3.8) is 0 Å². The van der Waals surface area contributed by atoms with Crippen molar-refractivity contribution < 1.29 is 13.9 Å². The number of nitrogens with zero attached hydrogens (tertiary/aromatic N) is 3. The summed E-state index contributed by atoms with van der Waals surface area (Å²) >= 11 is 0. The molecule has 1 aliphatic carbocycles. The standard InChI is InChI=1S/C26H30N4O3/c31-23(27-19-26(13-5-2-6-14-26)30-15-17-32-18-16-30)20-9-11-22(12-10-20)25-29-28-24(33-25)21-7-3-1-4-8-21/h1,3-4,7-12H,2,5-6,13-19H2,(H,27,31). The molecule has 0 unspecified atom stereocenters. The molecule has 1 saturated heterocycles. The van der Waals surface area contributed by atoms with Crippen LogP contribution >= 0.6 is 0 Å². The van der Waals surface area contributed by atoms with Gasteiger partial charge in [0.05, 0.1) is 13.2 Å². The van der Waals surface area contributed by atoms with Gasteiger partial charge in [0.1, 0.15) is 0 Å². The van der Waals surface area contributed by atoms with Gasteiger partial charge in [-0.2, -0.15) is 0 Å². The predicted molar refractivity (Wildman–Crippen MR) is 126 cm³/mol. The molecule has 7 nitrogen and oxygen atoms in total. The molecule has 0 bridgehead atoms. The lowest BCUT2D eigenvalue weighted by atomic mass is 9.79. The third kappa shape index (κ3) is 4.84. The summed E-state index contributed by atoms with van der Waals surface area (Å²) < 4.78 is 11.4. The third-order valence-electron chi connectivity index (χ3n) is 6.88. The number of carbonyl (C=O) groups excluding carboxylic acids is 1. The Balaban J connectivity index is 1.24. The summed E-state index contributed by atoms with van der Waals surface area (Å²) in [4.78, 5) is 15.5. The molecule has 3 aromatic rings. The van der Waals surface area contributed by atoms with Crippen LogP contribution in [0.5, 0.6) is 0 Å². The molecule has 172 valence electrons.